The van der Waals surface area contributed by atoms with Crippen molar-refractivity contribution in [2.45, 2.75) is 79.6 Å². The van der Waals surface area contributed by atoms with Crippen molar-refractivity contribution in [1.82, 2.24) is 5.32 Å². The van der Waals surface area contributed by atoms with Crippen LogP contribution in [0.4, 0.5) is 0 Å². The minimum atomic E-state index is -0.545. The lowest BCUT2D eigenvalue weighted by molar-refractivity contribution is -0.132. The summed E-state index contributed by atoms with van der Waals surface area (Å²) in [4.78, 5) is 25.3. The van der Waals surface area contributed by atoms with E-state index in [4.69, 9.17) is 0 Å². The zero-order chi connectivity index (χ0) is 22.3. The van der Waals surface area contributed by atoms with Crippen LogP contribution in [0.2, 0.25) is 0 Å². The lowest BCUT2D eigenvalue weighted by Crippen LogP contribution is -2.51. The maximum absolute atomic E-state index is 12.8. The highest BCUT2D eigenvalue weighted by Crippen LogP contribution is 2.63. The fourth-order valence-electron chi connectivity index (χ4n) is 6.06. The van der Waals surface area contributed by atoms with Gasteiger partial charge in [-0.25, -0.2) is 0 Å². The summed E-state index contributed by atoms with van der Waals surface area (Å²) < 4.78 is 0. The van der Waals surface area contributed by atoms with Crippen LogP contribution < -0.4 is 5.32 Å². The average molecular weight is 414 g/mol. The van der Waals surface area contributed by atoms with Crippen molar-refractivity contribution in [3.8, 4) is 0 Å². The first-order valence-electron chi connectivity index (χ1n) is 11.7. The average Bonchev–Trinajstić information content (AvgIpc) is 2.71. The highest BCUT2D eigenvalue weighted by atomic mass is 16.3. The number of hydrogen-bond donors (Lipinski definition) is 2. The Kier molecular flexibility index (Phi) is 6.36. The van der Waals surface area contributed by atoms with Gasteiger partial charge in [0.05, 0.1) is 5.70 Å². The third-order valence-electron chi connectivity index (χ3n) is 8.78. The molecule has 0 aromatic heterocycles. The standard InChI is InChI=1S/C26H39NO3/c1-7-16(2)15-27-20-13-21(28)24(30)19(23(20)29)14-26(6)18(4)11-12-25(5)17(3)9-8-10-22(25)26/h13,16,18,22,27,29H,3,7-12,14-15H2,1-2,4-6H3/t16-,18-,22+,25+,26+/m0/s1. The number of aliphatic hydroxyl groups excluding tert-OH is 1. The van der Waals surface area contributed by atoms with Gasteiger partial charge in [-0.3, -0.25) is 9.59 Å². The molecule has 3 aliphatic rings. The van der Waals surface area contributed by atoms with Crippen molar-refractivity contribution in [1.29, 1.82) is 0 Å². The van der Waals surface area contributed by atoms with E-state index in [0.29, 0.717) is 42.0 Å². The molecule has 2 saturated carbocycles. The van der Waals surface area contributed by atoms with E-state index in [0.717, 1.165) is 38.5 Å². The van der Waals surface area contributed by atoms with Gasteiger partial charge in [0.25, 0.3) is 0 Å². The number of carbonyl (C=O) groups excluding carboxylic acids is 2. The van der Waals surface area contributed by atoms with E-state index < -0.39 is 11.6 Å². The summed E-state index contributed by atoms with van der Waals surface area (Å²) in [6.07, 6.45) is 8.24. The summed E-state index contributed by atoms with van der Waals surface area (Å²) in [5.74, 6) is 0.125. The van der Waals surface area contributed by atoms with E-state index in [1.165, 1.54) is 11.6 Å². The van der Waals surface area contributed by atoms with E-state index in [-0.39, 0.29) is 16.6 Å². The molecule has 166 valence electrons. The number of rotatable bonds is 6. The first kappa shape index (κ1) is 22.8. The van der Waals surface area contributed by atoms with Crippen LogP contribution in [0, 0.1) is 28.6 Å². The molecule has 4 heteroatoms. The van der Waals surface area contributed by atoms with Crippen LogP contribution >= 0.6 is 0 Å². The van der Waals surface area contributed by atoms with Crippen LogP contribution in [0.15, 0.2) is 35.3 Å². The molecule has 0 radical (unpaired) electrons. The van der Waals surface area contributed by atoms with Crippen LogP contribution in [-0.4, -0.2) is 23.2 Å². The number of carbonyl (C=O) groups is 2. The Morgan fingerprint density at radius 1 is 1.30 bits per heavy atom. The highest BCUT2D eigenvalue weighted by Gasteiger charge is 2.54. The molecule has 30 heavy (non-hydrogen) atoms. The predicted molar refractivity (Wildman–Crippen MR) is 121 cm³/mol. The van der Waals surface area contributed by atoms with Crippen LogP contribution in [0.1, 0.15) is 79.6 Å². The van der Waals surface area contributed by atoms with Crippen molar-refractivity contribution in [2.24, 2.45) is 28.6 Å². The molecule has 0 amide bonds. The molecule has 4 nitrogen and oxygen atoms in total. The second-order valence-electron chi connectivity index (χ2n) is 10.6. The zero-order valence-corrected chi connectivity index (χ0v) is 19.4. The van der Waals surface area contributed by atoms with Gasteiger partial charge < -0.3 is 10.4 Å². The Morgan fingerprint density at radius 2 is 2.00 bits per heavy atom. The van der Waals surface area contributed by atoms with Gasteiger partial charge in [0.2, 0.25) is 11.6 Å². The fraction of sp³-hybridized carbons (Fsp3) is 0.692. The normalized spacial score (nSPS) is 35.8. The maximum Gasteiger partial charge on any atom is 0.232 e. The minimum absolute atomic E-state index is 0.0294. The molecular formula is C26H39NO3. The molecule has 0 spiro atoms. The van der Waals surface area contributed by atoms with Gasteiger partial charge in [0.15, 0.2) is 0 Å². The van der Waals surface area contributed by atoms with Gasteiger partial charge in [-0.1, -0.05) is 53.2 Å². The van der Waals surface area contributed by atoms with Crippen molar-refractivity contribution in [3.63, 3.8) is 0 Å². The lowest BCUT2D eigenvalue weighted by Gasteiger charge is -2.59. The Hall–Kier alpha value is -1.84. The largest absolute Gasteiger partial charge is 0.505 e. The quantitative estimate of drug-likeness (QED) is 0.335. The van der Waals surface area contributed by atoms with E-state index in [1.807, 2.05) is 0 Å². The molecule has 0 aromatic rings. The zero-order valence-electron chi connectivity index (χ0n) is 19.4. The minimum Gasteiger partial charge on any atom is -0.505 e. The van der Waals surface area contributed by atoms with E-state index >= 15 is 0 Å². The molecular weight excluding hydrogens is 374 g/mol. The number of ketones is 2. The SMILES string of the molecule is C=C1CCC[C@H]2[C@](C)(CC3=C(O)C(NC[C@@H](C)CC)=CC(=O)C3=O)[C@@H](C)CC[C@]12C. The van der Waals surface area contributed by atoms with E-state index in [9.17, 15) is 14.7 Å². The molecule has 0 aliphatic heterocycles. The van der Waals surface area contributed by atoms with Gasteiger partial charge >= 0.3 is 0 Å². The van der Waals surface area contributed by atoms with Gasteiger partial charge in [0, 0.05) is 18.2 Å². The monoisotopic (exact) mass is 413 g/mol. The lowest BCUT2D eigenvalue weighted by atomic mass is 9.46. The highest BCUT2D eigenvalue weighted by molar-refractivity contribution is 6.48. The van der Waals surface area contributed by atoms with Crippen LogP contribution in [0.3, 0.4) is 0 Å². The molecule has 5 atom stereocenters. The Labute approximate surface area is 181 Å². The first-order chi connectivity index (χ1) is 14.0. The van der Waals surface area contributed by atoms with Crippen LogP contribution in [0.5, 0.6) is 0 Å². The van der Waals surface area contributed by atoms with Crippen molar-refractivity contribution in [3.05, 3.63) is 35.3 Å². The molecule has 0 saturated heterocycles. The Bertz CT molecular complexity index is 807. The van der Waals surface area contributed by atoms with Crippen molar-refractivity contribution in [2.75, 3.05) is 6.54 Å². The number of hydrogen-bond acceptors (Lipinski definition) is 4. The molecule has 0 aromatic carbocycles. The Morgan fingerprint density at radius 3 is 2.67 bits per heavy atom. The molecule has 2 fully saturated rings. The molecule has 0 unspecified atom stereocenters. The molecule has 0 heterocycles. The van der Waals surface area contributed by atoms with Gasteiger partial charge in [0.1, 0.15) is 5.76 Å². The first-order valence-corrected chi connectivity index (χ1v) is 11.7. The van der Waals surface area contributed by atoms with Crippen molar-refractivity contribution < 1.29 is 14.7 Å². The van der Waals surface area contributed by atoms with Gasteiger partial charge in [-0.2, -0.15) is 0 Å². The van der Waals surface area contributed by atoms with Gasteiger partial charge in [-0.15, -0.1) is 0 Å². The van der Waals surface area contributed by atoms with Gasteiger partial charge in [-0.05, 0) is 67.1 Å². The summed E-state index contributed by atoms with van der Waals surface area (Å²) in [6, 6.07) is 0. The number of fused-ring (bicyclic) bond motifs is 1. The van der Waals surface area contributed by atoms with E-state index in [2.05, 4.69) is 46.5 Å². The second-order valence-corrected chi connectivity index (χ2v) is 10.6. The summed E-state index contributed by atoms with van der Waals surface area (Å²) >= 11 is 0. The molecule has 2 N–H and O–H groups in total. The Balaban J connectivity index is 1.94. The molecule has 0 bridgehead atoms. The van der Waals surface area contributed by atoms with E-state index in [1.54, 1.807) is 0 Å². The number of nitrogens with one attached hydrogen (secondary N) is 1. The number of aliphatic hydroxyl groups is 1. The summed E-state index contributed by atoms with van der Waals surface area (Å²) in [6.45, 7) is 16.2. The van der Waals surface area contributed by atoms with Crippen LogP contribution in [-0.2, 0) is 9.59 Å². The molecule has 3 aliphatic carbocycles. The topological polar surface area (TPSA) is 66.4 Å². The third kappa shape index (κ3) is 3.78. The number of Topliss-reactive ketones (excluding diaryl/α,β-unsaturated/α-hetero) is 1. The summed E-state index contributed by atoms with van der Waals surface area (Å²) in [5, 5.41) is 14.2. The van der Waals surface area contributed by atoms with Crippen molar-refractivity contribution >= 4 is 11.6 Å². The molecule has 3 rings (SSSR count). The summed E-state index contributed by atoms with van der Waals surface area (Å²) in [7, 11) is 0. The third-order valence-corrected chi connectivity index (χ3v) is 8.78. The maximum atomic E-state index is 12.8. The number of allylic oxidation sites excluding steroid dienone is 3. The smallest absolute Gasteiger partial charge is 0.232 e. The second kappa shape index (κ2) is 8.36. The predicted octanol–water partition coefficient (Wildman–Crippen LogP) is 5.66. The van der Waals surface area contributed by atoms with Crippen LogP contribution in [0.25, 0.3) is 0 Å². The fourth-order valence-corrected chi connectivity index (χ4v) is 6.06. The summed E-state index contributed by atoms with van der Waals surface area (Å²) in [5.41, 5.74) is 1.94.